The van der Waals surface area contributed by atoms with Crippen molar-refractivity contribution in [2.45, 2.75) is 32.0 Å². The summed E-state index contributed by atoms with van der Waals surface area (Å²) in [6.07, 6.45) is 0.763. The SMILES string of the molecule is CC(C)N1C(=O)CO[C@H](C(=O)N2CCN(c3ncn[nH]3)CC2)[C@H]1c1ccccc1. The van der Waals surface area contributed by atoms with Gasteiger partial charge in [0.2, 0.25) is 11.9 Å². The van der Waals surface area contributed by atoms with Crippen LogP contribution in [-0.4, -0.2) is 81.7 Å². The van der Waals surface area contributed by atoms with Crippen LogP contribution in [0.1, 0.15) is 25.5 Å². The number of anilines is 1. The van der Waals surface area contributed by atoms with Gasteiger partial charge in [-0.25, -0.2) is 5.10 Å². The van der Waals surface area contributed by atoms with Gasteiger partial charge in [0, 0.05) is 32.2 Å². The summed E-state index contributed by atoms with van der Waals surface area (Å²) in [4.78, 5) is 35.9. The number of hydrogen-bond donors (Lipinski definition) is 1. The number of piperazine rings is 1. The number of rotatable bonds is 4. The van der Waals surface area contributed by atoms with Crippen molar-refractivity contribution in [1.82, 2.24) is 25.0 Å². The number of H-pyrrole nitrogens is 1. The molecule has 29 heavy (non-hydrogen) atoms. The van der Waals surface area contributed by atoms with E-state index in [4.69, 9.17) is 4.74 Å². The maximum Gasteiger partial charge on any atom is 0.254 e. The first-order valence-corrected chi connectivity index (χ1v) is 9.93. The highest BCUT2D eigenvalue weighted by molar-refractivity contribution is 5.86. The van der Waals surface area contributed by atoms with E-state index in [-0.39, 0.29) is 24.5 Å². The number of benzene rings is 1. The van der Waals surface area contributed by atoms with Gasteiger partial charge in [-0.1, -0.05) is 30.3 Å². The molecule has 2 aromatic rings. The molecule has 9 nitrogen and oxygen atoms in total. The minimum atomic E-state index is -0.714. The molecule has 2 aliphatic rings. The highest BCUT2D eigenvalue weighted by Gasteiger charge is 2.44. The largest absolute Gasteiger partial charge is 0.356 e. The Morgan fingerprint density at radius 3 is 2.52 bits per heavy atom. The Morgan fingerprint density at radius 1 is 1.17 bits per heavy atom. The summed E-state index contributed by atoms with van der Waals surface area (Å²) in [7, 11) is 0. The van der Waals surface area contributed by atoms with E-state index in [1.54, 1.807) is 4.90 Å². The second-order valence-electron chi connectivity index (χ2n) is 7.60. The average Bonchev–Trinajstić information content (AvgIpc) is 3.28. The Balaban J connectivity index is 1.54. The summed E-state index contributed by atoms with van der Waals surface area (Å²) in [6, 6.07) is 9.20. The van der Waals surface area contributed by atoms with Crippen molar-refractivity contribution < 1.29 is 14.3 Å². The molecule has 2 atom stereocenters. The number of carbonyl (C=O) groups is 2. The first-order valence-electron chi connectivity index (χ1n) is 9.93. The van der Waals surface area contributed by atoms with Crippen molar-refractivity contribution in [1.29, 1.82) is 0 Å². The second kappa shape index (κ2) is 8.20. The fourth-order valence-corrected chi connectivity index (χ4v) is 4.10. The summed E-state index contributed by atoms with van der Waals surface area (Å²) >= 11 is 0. The van der Waals surface area contributed by atoms with Crippen molar-refractivity contribution in [2.24, 2.45) is 0 Å². The van der Waals surface area contributed by atoms with Crippen LogP contribution in [0, 0.1) is 0 Å². The van der Waals surface area contributed by atoms with Crippen LogP contribution in [0.2, 0.25) is 0 Å². The summed E-state index contributed by atoms with van der Waals surface area (Å²) in [5, 5.41) is 6.74. The van der Waals surface area contributed by atoms with Crippen LogP contribution in [0.25, 0.3) is 0 Å². The van der Waals surface area contributed by atoms with E-state index in [9.17, 15) is 9.59 Å². The monoisotopic (exact) mass is 398 g/mol. The average molecular weight is 398 g/mol. The Hall–Kier alpha value is -2.94. The lowest BCUT2D eigenvalue weighted by atomic mass is 9.95. The van der Waals surface area contributed by atoms with Crippen molar-refractivity contribution in [3.05, 3.63) is 42.2 Å². The molecule has 1 aromatic carbocycles. The number of nitrogens with zero attached hydrogens (tertiary/aromatic N) is 5. The summed E-state index contributed by atoms with van der Waals surface area (Å²) in [5.74, 6) is 0.548. The molecule has 0 bridgehead atoms. The molecule has 3 heterocycles. The number of aromatic amines is 1. The quantitative estimate of drug-likeness (QED) is 0.820. The smallest absolute Gasteiger partial charge is 0.254 e. The molecule has 2 amide bonds. The van der Waals surface area contributed by atoms with Gasteiger partial charge < -0.3 is 19.4 Å². The lowest BCUT2D eigenvalue weighted by Crippen LogP contribution is -2.59. The number of hydrogen-bond acceptors (Lipinski definition) is 6. The highest BCUT2D eigenvalue weighted by Crippen LogP contribution is 2.33. The third kappa shape index (κ3) is 3.82. The minimum absolute atomic E-state index is 0.0322. The lowest BCUT2D eigenvalue weighted by molar-refractivity contribution is -0.172. The zero-order valence-electron chi connectivity index (χ0n) is 16.7. The maximum atomic E-state index is 13.4. The summed E-state index contributed by atoms with van der Waals surface area (Å²) in [6.45, 7) is 6.32. The van der Waals surface area contributed by atoms with Gasteiger partial charge in [-0.2, -0.15) is 10.1 Å². The molecule has 0 saturated carbocycles. The molecule has 9 heteroatoms. The van der Waals surface area contributed by atoms with Crippen molar-refractivity contribution in [2.75, 3.05) is 37.7 Å². The number of aromatic nitrogens is 3. The topological polar surface area (TPSA) is 94.7 Å². The van der Waals surface area contributed by atoms with E-state index in [2.05, 4.69) is 20.1 Å². The van der Waals surface area contributed by atoms with Crippen LogP contribution in [0.15, 0.2) is 36.7 Å². The van der Waals surface area contributed by atoms with Crippen LogP contribution in [0.5, 0.6) is 0 Å². The normalized spacial score (nSPS) is 23.0. The van der Waals surface area contributed by atoms with E-state index in [1.807, 2.05) is 49.1 Å². The standard InChI is InChI=1S/C20H26N6O3/c1-14(2)26-16(27)12-29-18(17(26)15-6-4-3-5-7-15)19(28)24-8-10-25(11-9-24)20-21-13-22-23-20/h3-7,13-14,17-18H,8-12H2,1-2H3,(H,21,22,23)/t17-,18+/m1/s1. The Labute approximate surface area is 169 Å². The molecule has 2 aliphatic heterocycles. The van der Waals surface area contributed by atoms with Crippen LogP contribution < -0.4 is 4.90 Å². The zero-order valence-corrected chi connectivity index (χ0v) is 16.7. The molecule has 2 saturated heterocycles. The zero-order chi connectivity index (χ0) is 20.4. The number of amides is 2. The fraction of sp³-hybridized carbons (Fsp3) is 0.500. The molecule has 0 unspecified atom stereocenters. The van der Waals surface area contributed by atoms with Gasteiger partial charge in [0.05, 0.1) is 6.04 Å². The maximum absolute atomic E-state index is 13.4. The van der Waals surface area contributed by atoms with Gasteiger partial charge in [-0.3, -0.25) is 9.59 Å². The first-order chi connectivity index (χ1) is 14.1. The summed E-state index contributed by atoms with van der Waals surface area (Å²) < 4.78 is 5.83. The van der Waals surface area contributed by atoms with E-state index >= 15 is 0 Å². The van der Waals surface area contributed by atoms with Crippen LogP contribution in [0.4, 0.5) is 5.95 Å². The summed E-state index contributed by atoms with van der Waals surface area (Å²) in [5.41, 5.74) is 0.910. The van der Waals surface area contributed by atoms with E-state index < -0.39 is 12.1 Å². The fourth-order valence-electron chi connectivity index (χ4n) is 4.10. The predicted molar refractivity (Wildman–Crippen MR) is 106 cm³/mol. The van der Waals surface area contributed by atoms with Gasteiger partial charge in [0.15, 0.2) is 6.10 Å². The van der Waals surface area contributed by atoms with Gasteiger partial charge in [0.25, 0.3) is 5.91 Å². The molecule has 1 aromatic heterocycles. The third-order valence-corrected chi connectivity index (χ3v) is 5.49. The number of ether oxygens (including phenoxy) is 1. The Morgan fingerprint density at radius 2 is 1.90 bits per heavy atom. The van der Waals surface area contributed by atoms with E-state index in [0.29, 0.717) is 32.1 Å². The molecule has 1 N–H and O–H groups in total. The molecule has 2 fully saturated rings. The Kier molecular flexibility index (Phi) is 5.48. The molecule has 0 spiro atoms. The van der Waals surface area contributed by atoms with Crippen molar-refractivity contribution in [3.63, 3.8) is 0 Å². The molecular weight excluding hydrogens is 372 g/mol. The molecule has 4 rings (SSSR count). The van der Waals surface area contributed by atoms with Gasteiger partial charge in [0.1, 0.15) is 12.9 Å². The third-order valence-electron chi connectivity index (χ3n) is 5.49. The van der Waals surface area contributed by atoms with E-state index in [0.717, 1.165) is 5.56 Å². The van der Waals surface area contributed by atoms with Crippen LogP contribution in [-0.2, 0) is 14.3 Å². The van der Waals surface area contributed by atoms with Crippen LogP contribution >= 0.6 is 0 Å². The molecule has 0 aliphatic carbocycles. The van der Waals surface area contributed by atoms with Gasteiger partial charge in [-0.05, 0) is 19.4 Å². The number of morpholine rings is 1. The van der Waals surface area contributed by atoms with E-state index in [1.165, 1.54) is 6.33 Å². The predicted octanol–water partition coefficient (Wildman–Crippen LogP) is 0.830. The second-order valence-corrected chi connectivity index (χ2v) is 7.60. The molecule has 0 radical (unpaired) electrons. The van der Waals surface area contributed by atoms with Crippen molar-refractivity contribution in [3.8, 4) is 0 Å². The Bertz CT molecular complexity index is 833. The minimum Gasteiger partial charge on any atom is -0.356 e. The number of carbonyl (C=O) groups excluding carboxylic acids is 2. The highest BCUT2D eigenvalue weighted by atomic mass is 16.5. The van der Waals surface area contributed by atoms with Gasteiger partial charge in [-0.15, -0.1) is 0 Å². The number of nitrogens with one attached hydrogen (secondary N) is 1. The first kappa shape index (κ1) is 19.4. The lowest BCUT2D eigenvalue weighted by Gasteiger charge is -2.45. The molecular formula is C20H26N6O3. The van der Waals surface area contributed by atoms with Gasteiger partial charge >= 0.3 is 0 Å². The van der Waals surface area contributed by atoms with Crippen molar-refractivity contribution >= 4 is 17.8 Å². The van der Waals surface area contributed by atoms with Crippen LogP contribution in [0.3, 0.4) is 0 Å². The molecule has 154 valence electrons.